The van der Waals surface area contributed by atoms with E-state index in [0.29, 0.717) is 0 Å². The number of aromatic nitrogens is 3. The second-order valence-electron chi connectivity index (χ2n) is 1.97. The van der Waals surface area contributed by atoms with Crippen LogP contribution in [0.4, 0.5) is 10.2 Å². The second kappa shape index (κ2) is 3.65. The van der Waals surface area contributed by atoms with Gasteiger partial charge in [-0.1, -0.05) is 0 Å². The maximum atomic E-state index is 11.6. The Morgan fingerprint density at radius 3 is 2.83 bits per heavy atom. The first-order valence-corrected chi connectivity index (χ1v) is 3.23. The highest BCUT2D eigenvalue weighted by molar-refractivity contribution is 5.28. The van der Waals surface area contributed by atoms with E-state index >= 15 is 0 Å². The van der Waals surface area contributed by atoms with Gasteiger partial charge in [0.25, 0.3) is 5.56 Å². The van der Waals surface area contributed by atoms with Crippen LogP contribution in [0.15, 0.2) is 9.59 Å². The number of H-pyrrole nitrogens is 2. The second-order valence-corrected chi connectivity index (χ2v) is 1.97. The summed E-state index contributed by atoms with van der Waals surface area (Å²) in [6.45, 7) is -0.623. The summed E-state index contributed by atoms with van der Waals surface area (Å²) >= 11 is 0. The van der Waals surface area contributed by atoms with Gasteiger partial charge in [0, 0.05) is 6.54 Å². The fraction of sp³-hybridized carbons (Fsp3) is 0.400. The zero-order chi connectivity index (χ0) is 8.97. The highest BCUT2D eigenvalue weighted by atomic mass is 19.1. The first-order valence-electron chi connectivity index (χ1n) is 3.23. The molecular formula is C5H7FN4O2. The number of anilines is 1. The molecule has 6 nitrogen and oxygen atoms in total. The molecule has 0 bridgehead atoms. The summed E-state index contributed by atoms with van der Waals surface area (Å²) in [5.41, 5.74) is -1.35. The van der Waals surface area contributed by atoms with E-state index in [0.717, 1.165) is 0 Å². The molecule has 1 rings (SSSR count). The Morgan fingerprint density at radius 2 is 2.25 bits per heavy atom. The van der Waals surface area contributed by atoms with Crippen LogP contribution in [0.2, 0.25) is 0 Å². The molecule has 0 aliphatic carbocycles. The summed E-state index contributed by atoms with van der Waals surface area (Å²) in [5.74, 6) is -0.0905. The van der Waals surface area contributed by atoms with Crippen molar-refractivity contribution in [3.8, 4) is 0 Å². The molecule has 1 heterocycles. The minimum atomic E-state index is -0.689. The van der Waals surface area contributed by atoms with Crippen LogP contribution < -0.4 is 16.6 Å². The summed E-state index contributed by atoms with van der Waals surface area (Å²) in [4.78, 5) is 23.2. The van der Waals surface area contributed by atoms with Crippen molar-refractivity contribution in [3.05, 3.63) is 20.8 Å². The van der Waals surface area contributed by atoms with Crippen LogP contribution in [0.3, 0.4) is 0 Å². The van der Waals surface area contributed by atoms with Crippen molar-refractivity contribution in [2.75, 3.05) is 18.5 Å². The molecule has 0 saturated carbocycles. The molecule has 0 amide bonds. The minimum Gasteiger partial charge on any atom is -0.361 e. The number of nitrogens with one attached hydrogen (secondary N) is 3. The molecule has 0 spiro atoms. The van der Waals surface area contributed by atoms with Gasteiger partial charge in [0.1, 0.15) is 6.67 Å². The minimum absolute atomic E-state index is 0.0118. The van der Waals surface area contributed by atoms with Crippen molar-refractivity contribution in [3.63, 3.8) is 0 Å². The Hall–Kier alpha value is -1.66. The van der Waals surface area contributed by atoms with Crippen molar-refractivity contribution >= 4 is 5.82 Å². The average Bonchev–Trinajstić information content (AvgIpc) is 2.03. The van der Waals surface area contributed by atoms with Gasteiger partial charge in [-0.15, -0.1) is 5.10 Å². The van der Waals surface area contributed by atoms with E-state index in [4.69, 9.17) is 0 Å². The third-order valence-electron chi connectivity index (χ3n) is 1.10. The smallest absolute Gasteiger partial charge is 0.342 e. The normalized spacial score (nSPS) is 9.75. The molecule has 3 N–H and O–H groups in total. The van der Waals surface area contributed by atoms with Crippen LogP contribution in [-0.4, -0.2) is 28.4 Å². The van der Waals surface area contributed by atoms with Gasteiger partial charge < -0.3 is 5.32 Å². The molecule has 12 heavy (non-hydrogen) atoms. The van der Waals surface area contributed by atoms with Crippen LogP contribution in [0.5, 0.6) is 0 Å². The fourth-order valence-corrected chi connectivity index (χ4v) is 0.633. The van der Waals surface area contributed by atoms with Gasteiger partial charge in [-0.25, -0.2) is 14.3 Å². The maximum Gasteiger partial charge on any atom is 0.342 e. The van der Waals surface area contributed by atoms with Gasteiger partial charge >= 0.3 is 5.69 Å². The van der Waals surface area contributed by atoms with E-state index in [1.54, 1.807) is 0 Å². The number of aromatic amines is 2. The number of hydrogen-bond acceptors (Lipinski definition) is 4. The first-order chi connectivity index (χ1) is 5.74. The van der Waals surface area contributed by atoms with Gasteiger partial charge in [-0.3, -0.25) is 9.78 Å². The number of hydrogen-bond donors (Lipinski definition) is 3. The quantitative estimate of drug-likeness (QED) is 0.539. The topological polar surface area (TPSA) is 90.6 Å². The average molecular weight is 174 g/mol. The van der Waals surface area contributed by atoms with Crippen molar-refractivity contribution in [2.24, 2.45) is 0 Å². The molecule has 7 heteroatoms. The summed E-state index contributed by atoms with van der Waals surface area (Å²) in [7, 11) is 0. The van der Waals surface area contributed by atoms with E-state index in [2.05, 4.69) is 10.4 Å². The van der Waals surface area contributed by atoms with Crippen molar-refractivity contribution < 1.29 is 4.39 Å². The summed E-state index contributed by atoms with van der Waals surface area (Å²) in [6.07, 6.45) is 0. The molecule has 1 aromatic heterocycles. The van der Waals surface area contributed by atoms with Crippen molar-refractivity contribution in [1.82, 2.24) is 15.2 Å². The largest absolute Gasteiger partial charge is 0.361 e. The molecule has 0 radical (unpaired) electrons. The van der Waals surface area contributed by atoms with E-state index in [1.165, 1.54) is 0 Å². The lowest BCUT2D eigenvalue weighted by molar-refractivity contribution is 0.512. The Labute approximate surface area is 65.8 Å². The third kappa shape index (κ3) is 1.91. The Kier molecular flexibility index (Phi) is 2.57. The van der Waals surface area contributed by atoms with E-state index in [-0.39, 0.29) is 12.4 Å². The molecule has 0 fully saturated rings. The Balaban J connectivity index is 2.87. The number of alkyl halides is 1. The van der Waals surface area contributed by atoms with E-state index in [1.807, 2.05) is 10.1 Å². The third-order valence-corrected chi connectivity index (χ3v) is 1.10. The predicted molar refractivity (Wildman–Crippen MR) is 39.9 cm³/mol. The molecule has 0 aliphatic rings. The Bertz CT molecular complexity index is 357. The summed E-state index contributed by atoms with van der Waals surface area (Å²) < 4.78 is 11.6. The number of nitrogens with zero attached hydrogens (tertiary/aromatic N) is 1. The van der Waals surface area contributed by atoms with Gasteiger partial charge in [-0.05, 0) is 0 Å². The standard InChI is InChI=1S/C5H7FN4O2/c6-1-2-7-3-4(11)8-5(12)10-9-3/h1-2H2,(H,7,9)(H2,8,10,11,12). The van der Waals surface area contributed by atoms with Crippen LogP contribution in [0.1, 0.15) is 0 Å². The lowest BCUT2D eigenvalue weighted by Crippen LogP contribution is -2.27. The highest BCUT2D eigenvalue weighted by Gasteiger charge is 1.98. The molecule has 0 aliphatic heterocycles. The SMILES string of the molecule is O=c1[nH]nc(NCCF)c(=O)[nH]1. The molecule has 66 valence electrons. The first kappa shape index (κ1) is 8.44. The Morgan fingerprint density at radius 1 is 1.50 bits per heavy atom. The van der Waals surface area contributed by atoms with Crippen molar-refractivity contribution in [2.45, 2.75) is 0 Å². The van der Waals surface area contributed by atoms with Crippen molar-refractivity contribution in [1.29, 1.82) is 0 Å². The van der Waals surface area contributed by atoms with Crippen LogP contribution in [0, 0.1) is 0 Å². The molecule has 0 aromatic carbocycles. The number of halogens is 1. The van der Waals surface area contributed by atoms with Gasteiger partial charge in [0.05, 0.1) is 0 Å². The molecule has 0 saturated heterocycles. The van der Waals surface area contributed by atoms with Gasteiger partial charge in [0.15, 0.2) is 0 Å². The molecule has 1 aromatic rings. The number of rotatable bonds is 3. The zero-order valence-electron chi connectivity index (χ0n) is 6.06. The van der Waals surface area contributed by atoms with Crippen LogP contribution in [-0.2, 0) is 0 Å². The predicted octanol–water partition coefficient (Wildman–Crippen LogP) is -1.16. The monoisotopic (exact) mass is 174 g/mol. The molecule has 0 unspecified atom stereocenters. The van der Waals surface area contributed by atoms with E-state index in [9.17, 15) is 14.0 Å². The lowest BCUT2D eigenvalue weighted by Gasteiger charge is -1.97. The molecule has 0 atom stereocenters. The van der Waals surface area contributed by atoms with Gasteiger partial charge in [0.2, 0.25) is 5.82 Å². The van der Waals surface area contributed by atoms with Crippen LogP contribution in [0.25, 0.3) is 0 Å². The summed E-state index contributed by atoms with van der Waals surface area (Å²) in [6, 6.07) is 0. The molecular weight excluding hydrogens is 167 g/mol. The summed E-state index contributed by atoms with van der Waals surface area (Å²) in [5, 5.41) is 7.75. The highest BCUT2D eigenvalue weighted by Crippen LogP contribution is 1.84. The van der Waals surface area contributed by atoms with E-state index < -0.39 is 17.9 Å². The van der Waals surface area contributed by atoms with Gasteiger partial charge in [-0.2, -0.15) is 0 Å². The zero-order valence-corrected chi connectivity index (χ0v) is 6.06. The lowest BCUT2D eigenvalue weighted by atomic mass is 10.6. The van der Waals surface area contributed by atoms with Crippen LogP contribution >= 0.6 is 0 Å². The fourth-order valence-electron chi connectivity index (χ4n) is 0.633. The maximum absolute atomic E-state index is 11.6.